The van der Waals surface area contributed by atoms with Gasteiger partial charge in [0.05, 0.1) is 25.2 Å². The number of nitro benzene ring substituents is 1. The van der Waals surface area contributed by atoms with Crippen molar-refractivity contribution in [3.05, 3.63) is 27.8 Å². The van der Waals surface area contributed by atoms with Gasteiger partial charge in [-0.25, -0.2) is 0 Å². The van der Waals surface area contributed by atoms with Gasteiger partial charge in [-0.2, -0.15) is 0 Å². The highest BCUT2D eigenvalue weighted by Gasteiger charge is 2.24. The van der Waals surface area contributed by atoms with Crippen LogP contribution in [0, 0.1) is 10.1 Å². The highest BCUT2D eigenvalue weighted by molar-refractivity contribution is 6.17. The van der Waals surface area contributed by atoms with E-state index < -0.39 is 10.8 Å². The van der Waals surface area contributed by atoms with Crippen molar-refractivity contribution in [3.8, 4) is 11.5 Å². The summed E-state index contributed by atoms with van der Waals surface area (Å²) >= 11 is 5.50. The van der Waals surface area contributed by atoms with Crippen LogP contribution in [0.3, 0.4) is 0 Å². The zero-order valence-corrected chi connectivity index (χ0v) is 11.9. The molecule has 1 N–H and O–H groups in total. The molecule has 0 unspecified atom stereocenters. The van der Waals surface area contributed by atoms with E-state index in [1.165, 1.54) is 20.3 Å². The summed E-state index contributed by atoms with van der Waals surface area (Å²) in [7, 11) is 2.75. The van der Waals surface area contributed by atoms with Crippen molar-refractivity contribution in [3.63, 3.8) is 0 Å². The summed E-state index contributed by atoms with van der Waals surface area (Å²) < 4.78 is 10.0. The Morgan fingerprint density at radius 3 is 2.45 bits per heavy atom. The smallest absolute Gasteiger partial charge is 0.286 e. The largest absolute Gasteiger partial charge is 0.493 e. The second-order valence-electron chi connectivity index (χ2n) is 3.78. The second-order valence-corrected chi connectivity index (χ2v) is 4.16. The summed E-state index contributed by atoms with van der Waals surface area (Å²) in [6, 6.07) is 2.45. The van der Waals surface area contributed by atoms with Crippen LogP contribution in [0.25, 0.3) is 0 Å². The molecule has 0 saturated heterocycles. The Morgan fingerprint density at radius 2 is 1.95 bits per heavy atom. The van der Waals surface area contributed by atoms with E-state index in [2.05, 4.69) is 5.32 Å². The van der Waals surface area contributed by atoms with Crippen LogP contribution in [-0.4, -0.2) is 37.5 Å². The molecule has 110 valence electrons. The number of rotatable bonds is 7. The maximum atomic E-state index is 12.0. The predicted octanol–water partition coefficient (Wildman–Crippen LogP) is 1.97. The summed E-state index contributed by atoms with van der Waals surface area (Å²) in [6.45, 7) is 0.341. The van der Waals surface area contributed by atoms with Crippen molar-refractivity contribution in [2.75, 3.05) is 26.6 Å². The number of nitrogens with zero attached hydrogens (tertiary/aromatic N) is 1. The number of carbonyl (C=O) groups is 1. The first-order valence-electron chi connectivity index (χ1n) is 5.79. The predicted molar refractivity (Wildman–Crippen MR) is 73.9 cm³/mol. The number of hydrogen-bond donors (Lipinski definition) is 1. The molecule has 1 aromatic carbocycles. The molecule has 1 rings (SSSR count). The second kappa shape index (κ2) is 7.54. The van der Waals surface area contributed by atoms with E-state index in [0.717, 1.165) is 6.07 Å². The zero-order chi connectivity index (χ0) is 15.1. The SMILES string of the molecule is COc1cc(C(=O)NCCCCl)c([N+](=O)[O-])cc1OC. The first-order valence-corrected chi connectivity index (χ1v) is 6.33. The van der Waals surface area contributed by atoms with Gasteiger partial charge in [0.1, 0.15) is 5.56 Å². The van der Waals surface area contributed by atoms with Crippen molar-refractivity contribution >= 4 is 23.2 Å². The van der Waals surface area contributed by atoms with Gasteiger partial charge < -0.3 is 14.8 Å². The van der Waals surface area contributed by atoms with Gasteiger partial charge in [-0.05, 0) is 6.42 Å². The summed E-state index contributed by atoms with van der Waals surface area (Å²) in [4.78, 5) is 22.3. The van der Waals surface area contributed by atoms with E-state index in [0.29, 0.717) is 18.8 Å². The van der Waals surface area contributed by atoms with Crippen LogP contribution in [0.15, 0.2) is 12.1 Å². The van der Waals surface area contributed by atoms with Gasteiger partial charge in [-0.3, -0.25) is 14.9 Å². The van der Waals surface area contributed by atoms with E-state index in [9.17, 15) is 14.9 Å². The lowest BCUT2D eigenvalue weighted by Crippen LogP contribution is -2.25. The molecule has 0 aliphatic heterocycles. The number of alkyl halides is 1. The van der Waals surface area contributed by atoms with Gasteiger partial charge in [0.25, 0.3) is 11.6 Å². The molecular formula is C12H15ClN2O5. The van der Waals surface area contributed by atoms with Crippen LogP contribution in [0.5, 0.6) is 11.5 Å². The summed E-state index contributed by atoms with van der Waals surface area (Å²) in [5.41, 5.74) is -0.423. The van der Waals surface area contributed by atoms with Crippen molar-refractivity contribution < 1.29 is 19.2 Å². The van der Waals surface area contributed by atoms with E-state index >= 15 is 0 Å². The minimum Gasteiger partial charge on any atom is -0.493 e. The third kappa shape index (κ3) is 3.74. The Morgan fingerprint density at radius 1 is 1.35 bits per heavy atom. The van der Waals surface area contributed by atoms with Crippen LogP contribution >= 0.6 is 11.6 Å². The Labute approximate surface area is 121 Å². The van der Waals surface area contributed by atoms with Gasteiger partial charge in [0.15, 0.2) is 11.5 Å². The molecule has 1 aromatic rings. The third-order valence-corrected chi connectivity index (χ3v) is 2.81. The monoisotopic (exact) mass is 302 g/mol. The van der Waals surface area contributed by atoms with Crippen molar-refractivity contribution in [1.29, 1.82) is 0 Å². The van der Waals surface area contributed by atoms with Gasteiger partial charge in [0, 0.05) is 18.5 Å². The van der Waals surface area contributed by atoms with E-state index in [1.54, 1.807) is 0 Å². The number of ether oxygens (including phenoxy) is 2. The number of nitrogens with one attached hydrogen (secondary N) is 1. The minimum absolute atomic E-state index is 0.0813. The van der Waals surface area contributed by atoms with E-state index in [-0.39, 0.29) is 22.7 Å². The van der Waals surface area contributed by atoms with Crippen molar-refractivity contribution in [2.45, 2.75) is 6.42 Å². The molecule has 1 amide bonds. The highest BCUT2D eigenvalue weighted by atomic mass is 35.5. The Balaban J connectivity index is 3.15. The number of amides is 1. The molecule has 0 spiro atoms. The lowest BCUT2D eigenvalue weighted by atomic mass is 10.1. The van der Waals surface area contributed by atoms with Crippen LogP contribution in [-0.2, 0) is 0 Å². The fraction of sp³-hybridized carbons (Fsp3) is 0.417. The zero-order valence-electron chi connectivity index (χ0n) is 11.1. The van der Waals surface area contributed by atoms with Crippen LogP contribution in [0.2, 0.25) is 0 Å². The summed E-state index contributed by atoms with van der Waals surface area (Å²) in [6.07, 6.45) is 0.578. The maximum Gasteiger partial charge on any atom is 0.286 e. The molecule has 0 aromatic heterocycles. The number of nitro groups is 1. The van der Waals surface area contributed by atoms with E-state index in [1.807, 2.05) is 0 Å². The molecule has 7 nitrogen and oxygen atoms in total. The molecule has 0 aliphatic carbocycles. The van der Waals surface area contributed by atoms with Gasteiger partial charge in [-0.1, -0.05) is 0 Å². The van der Waals surface area contributed by atoms with Gasteiger partial charge in [0.2, 0.25) is 0 Å². The van der Waals surface area contributed by atoms with Gasteiger partial charge >= 0.3 is 0 Å². The van der Waals surface area contributed by atoms with Gasteiger partial charge in [-0.15, -0.1) is 11.6 Å². The molecule has 20 heavy (non-hydrogen) atoms. The topological polar surface area (TPSA) is 90.7 Å². The average Bonchev–Trinajstić information content (AvgIpc) is 2.45. The average molecular weight is 303 g/mol. The molecular weight excluding hydrogens is 288 g/mol. The number of hydrogen-bond acceptors (Lipinski definition) is 5. The Bertz CT molecular complexity index is 507. The summed E-state index contributed by atoms with van der Waals surface area (Å²) in [5.74, 6) is 0.286. The lowest BCUT2D eigenvalue weighted by molar-refractivity contribution is -0.385. The number of carbonyl (C=O) groups excluding carboxylic acids is 1. The quantitative estimate of drug-likeness (QED) is 0.360. The standard InChI is InChI=1S/C12H15ClN2O5/c1-19-10-6-8(12(16)14-5-3-4-13)9(15(17)18)7-11(10)20-2/h6-7H,3-5H2,1-2H3,(H,14,16). The first-order chi connectivity index (χ1) is 9.54. The Hall–Kier alpha value is -2.02. The van der Waals surface area contributed by atoms with E-state index in [4.69, 9.17) is 21.1 Å². The molecule has 0 saturated carbocycles. The molecule has 0 aliphatic rings. The van der Waals surface area contributed by atoms with Crippen LogP contribution in [0.4, 0.5) is 5.69 Å². The van der Waals surface area contributed by atoms with Crippen molar-refractivity contribution in [2.24, 2.45) is 0 Å². The normalized spacial score (nSPS) is 9.95. The maximum absolute atomic E-state index is 12.0. The first kappa shape index (κ1) is 16.0. The number of halogens is 1. The molecule has 0 atom stereocenters. The van der Waals surface area contributed by atoms with Crippen LogP contribution in [0.1, 0.15) is 16.8 Å². The van der Waals surface area contributed by atoms with Crippen LogP contribution < -0.4 is 14.8 Å². The molecule has 0 radical (unpaired) electrons. The summed E-state index contributed by atoms with van der Waals surface area (Å²) in [5, 5.41) is 13.6. The molecule has 8 heteroatoms. The number of benzene rings is 1. The lowest BCUT2D eigenvalue weighted by Gasteiger charge is -2.10. The Kier molecular flexibility index (Phi) is 6.05. The van der Waals surface area contributed by atoms with Crippen molar-refractivity contribution in [1.82, 2.24) is 5.32 Å². The minimum atomic E-state index is -0.640. The fourth-order valence-corrected chi connectivity index (χ4v) is 1.70. The molecule has 0 fully saturated rings. The molecule has 0 heterocycles. The molecule has 0 bridgehead atoms. The fourth-order valence-electron chi connectivity index (χ4n) is 1.57. The number of methoxy groups -OCH3 is 2. The highest BCUT2D eigenvalue weighted by Crippen LogP contribution is 2.34. The third-order valence-electron chi connectivity index (χ3n) is 2.54.